The maximum Gasteiger partial charge on any atom is 0.236 e. The maximum atomic E-state index is 12.5. The summed E-state index contributed by atoms with van der Waals surface area (Å²) in [4.78, 5) is 19.3. The van der Waals surface area contributed by atoms with Crippen molar-refractivity contribution in [2.75, 3.05) is 45.8 Å². The number of hydrogen-bond acceptors (Lipinski definition) is 3. The van der Waals surface area contributed by atoms with E-state index in [-0.39, 0.29) is 0 Å². The summed E-state index contributed by atoms with van der Waals surface area (Å²) in [5, 5.41) is 0. The van der Waals surface area contributed by atoms with Gasteiger partial charge in [-0.1, -0.05) is 36.8 Å². The number of carbonyl (C=O) groups excluding carboxylic acids is 1. The smallest absolute Gasteiger partial charge is 0.236 e. The van der Waals surface area contributed by atoms with Gasteiger partial charge in [0.25, 0.3) is 0 Å². The molecule has 1 amide bonds. The third-order valence-electron chi connectivity index (χ3n) is 5.45. The highest BCUT2D eigenvalue weighted by molar-refractivity contribution is 5.78. The molecule has 3 rings (SSSR count). The fourth-order valence-electron chi connectivity index (χ4n) is 3.72. The Bertz CT molecular complexity index is 544. The van der Waals surface area contributed by atoms with Crippen LogP contribution in [-0.2, 0) is 11.3 Å². The second-order valence-electron chi connectivity index (χ2n) is 7.60. The molecule has 0 aromatic heterocycles. The standard InChI is InChI=1S/C20H31N3O/c1-17-6-8-23(9-7-17)20(24)16-22-12-10-21(11-13-22)15-19-5-3-4-18(2)14-19/h3-5,14,17H,6-13,15-16H2,1-2H3. The zero-order valence-electron chi connectivity index (χ0n) is 15.2. The molecule has 0 N–H and O–H groups in total. The van der Waals surface area contributed by atoms with Crippen molar-refractivity contribution in [1.82, 2.24) is 14.7 Å². The lowest BCUT2D eigenvalue weighted by atomic mass is 9.99. The van der Waals surface area contributed by atoms with Crippen molar-refractivity contribution in [3.05, 3.63) is 35.4 Å². The summed E-state index contributed by atoms with van der Waals surface area (Å²) in [6, 6.07) is 8.76. The molecule has 0 aliphatic carbocycles. The van der Waals surface area contributed by atoms with Crippen LogP contribution in [0.2, 0.25) is 0 Å². The molecule has 2 heterocycles. The zero-order valence-corrected chi connectivity index (χ0v) is 15.2. The lowest BCUT2D eigenvalue weighted by Gasteiger charge is -2.36. The van der Waals surface area contributed by atoms with E-state index < -0.39 is 0 Å². The Morgan fingerprint density at radius 3 is 2.38 bits per heavy atom. The molecule has 2 aliphatic rings. The molecule has 4 heteroatoms. The topological polar surface area (TPSA) is 26.8 Å². The highest BCUT2D eigenvalue weighted by Gasteiger charge is 2.24. The van der Waals surface area contributed by atoms with E-state index in [1.807, 2.05) is 0 Å². The number of hydrogen-bond donors (Lipinski definition) is 0. The van der Waals surface area contributed by atoms with Gasteiger partial charge in [0.2, 0.25) is 5.91 Å². The Kier molecular flexibility index (Phi) is 5.90. The van der Waals surface area contributed by atoms with Crippen LogP contribution in [-0.4, -0.2) is 66.4 Å². The largest absolute Gasteiger partial charge is 0.342 e. The van der Waals surface area contributed by atoms with Crippen molar-refractivity contribution in [3.8, 4) is 0 Å². The van der Waals surface area contributed by atoms with E-state index in [9.17, 15) is 4.79 Å². The number of aryl methyl sites for hydroxylation is 1. The van der Waals surface area contributed by atoms with Gasteiger partial charge in [-0.15, -0.1) is 0 Å². The number of benzene rings is 1. The van der Waals surface area contributed by atoms with Crippen LogP contribution in [0.3, 0.4) is 0 Å². The monoisotopic (exact) mass is 329 g/mol. The van der Waals surface area contributed by atoms with Gasteiger partial charge in [0.05, 0.1) is 6.54 Å². The summed E-state index contributed by atoms with van der Waals surface area (Å²) in [7, 11) is 0. The average Bonchev–Trinajstić information content (AvgIpc) is 2.57. The highest BCUT2D eigenvalue weighted by Crippen LogP contribution is 2.16. The third kappa shape index (κ3) is 4.81. The van der Waals surface area contributed by atoms with Crippen LogP contribution >= 0.6 is 0 Å². The molecular formula is C20H31N3O. The van der Waals surface area contributed by atoms with Gasteiger partial charge in [-0.2, -0.15) is 0 Å². The molecule has 0 radical (unpaired) electrons. The van der Waals surface area contributed by atoms with Gasteiger partial charge in [0.15, 0.2) is 0 Å². The molecule has 24 heavy (non-hydrogen) atoms. The van der Waals surface area contributed by atoms with Gasteiger partial charge in [0, 0.05) is 45.8 Å². The molecule has 0 unspecified atom stereocenters. The van der Waals surface area contributed by atoms with Gasteiger partial charge in [0.1, 0.15) is 0 Å². The van der Waals surface area contributed by atoms with Gasteiger partial charge >= 0.3 is 0 Å². The van der Waals surface area contributed by atoms with Crippen LogP contribution in [0.15, 0.2) is 24.3 Å². The first-order valence-electron chi connectivity index (χ1n) is 9.38. The van der Waals surface area contributed by atoms with E-state index in [0.717, 1.165) is 64.6 Å². The van der Waals surface area contributed by atoms with Crippen LogP contribution in [0.25, 0.3) is 0 Å². The molecule has 2 saturated heterocycles. The lowest BCUT2D eigenvalue weighted by Crippen LogP contribution is -2.50. The quantitative estimate of drug-likeness (QED) is 0.848. The van der Waals surface area contributed by atoms with Crippen molar-refractivity contribution < 1.29 is 4.79 Å². The second-order valence-corrected chi connectivity index (χ2v) is 7.60. The van der Waals surface area contributed by atoms with E-state index >= 15 is 0 Å². The fourth-order valence-corrected chi connectivity index (χ4v) is 3.72. The number of carbonyl (C=O) groups is 1. The SMILES string of the molecule is Cc1cccc(CN2CCN(CC(=O)N3CCC(C)CC3)CC2)c1. The molecule has 1 aromatic rings. The summed E-state index contributed by atoms with van der Waals surface area (Å²) in [5.74, 6) is 1.10. The number of piperidine rings is 1. The normalized spacial score (nSPS) is 21.2. The Morgan fingerprint density at radius 1 is 1.04 bits per heavy atom. The molecule has 2 fully saturated rings. The van der Waals surface area contributed by atoms with E-state index in [2.05, 4.69) is 52.8 Å². The van der Waals surface area contributed by atoms with Gasteiger partial charge in [-0.3, -0.25) is 14.6 Å². The predicted octanol–water partition coefficient (Wildman–Crippen LogP) is 2.37. The van der Waals surface area contributed by atoms with E-state index in [4.69, 9.17) is 0 Å². The zero-order chi connectivity index (χ0) is 16.9. The molecule has 0 atom stereocenters. The fraction of sp³-hybridized carbons (Fsp3) is 0.650. The second kappa shape index (κ2) is 8.13. The van der Waals surface area contributed by atoms with Crippen molar-refractivity contribution in [2.24, 2.45) is 5.92 Å². The number of nitrogens with zero attached hydrogens (tertiary/aromatic N) is 3. The minimum absolute atomic E-state index is 0.328. The van der Waals surface area contributed by atoms with Crippen molar-refractivity contribution >= 4 is 5.91 Å². The van der Waals surface area contributed by atoms with Crippen LogP contribution in [0.4, 0.5) is 0 Å². The summed E-state index contributed by atoms with van der Waals surface area (Å²) in [6.07, 6.45) is 2.33. The number of piperazine rings is 1. The van der Waals surface area contributed by atoms with Crippen molar-refractivity contribution in [1.29, 1.82) is 0 Å². The number of rotatable bonds is 4. The predicted molar refractivity (Wildman–Crippen MR) is 97.9 cm³/mol. The Labute approximate surface area is 146 Å². The first-order valence-corrected chi connectivity index (χ1v) is 9.38. The summed E-state index contributed by atoms with van der Waals surface area (Å²) < 4.78 is 0. The molecule has 0 spiro atoms. The van der Waals surface area contributed by atoms with Crippen LogP contribution in [0.1, 0.15) is 30.9 Å². The first kappa shape index (κ1) is 17.4. The lowest BCUT2D eigenvalue weighted by molar-refractivity contribution is -0.134. The van der Waals surface area contributed by atoms with Gasteiger partial charge in [-0.05, 0) is 31.2 Å². The van der Waals surface area contributed by atoms with E-state index in [1.165, 1.54) is 11.1 Å². The van der Waals surface area contributed by atoms with Gasteiger partial charge in [-0.25, -0.2) is 0 Å². The average molecular weight is 329 g/mol. The van der Waals surface area contributed by atoms with Crippen LogP contribution in [0.5, 0.6) is 0 Å². The minimum atomic E-state index is 0.328. The van der Waals surface area contributed by atoms with E-state index in [0.29, 0.717) is 12.5 Å². The third-order valence-corrected chi connectivity index (χ3v) is 5.45. The Morgan fingerprint density at radius 2 is 1.71 bits per heavy atom. The Balaban J connectivity index is 1.41. The molecular weight excluding hydrogens is 298 g/mol. The summed E-state index contributed by atoms with van der Waals surface area (Å²) in [5.41, 5.74) is 2.72. The molecule has 132 valence electrons. The van der Waals surface area contributed by atoms with Crippen molar-refractivity contribution in [2.45, 2.75) is 33.2 Å². The van der Waals surface area contributed by atoms with E-state index in [1.54, 1.807) is 0 Å². The molecule has 0 saturated carbocycles. The van der Waals surface area contributed by atoms with Crippen LogP contribution < -0.4 is 0 Å². The summed E-state index contributed by atoms with van der Waals surface area (Å²) >= 11 is 0. The maximum absolute atomic E-state index is 12.5. The summed E-state index contributed by atoms with van der Waals surface area (Å²) in [6.45, 7) is 12.1. The van der Waals surface area contributed by atoms with Crippen molar-refractivity contribution in [3.63, 3.8) is 0 Å². The van der Waals surface area contributed by atoms with Crippen LogP contribution in [0, 0.1) is 12.8 Å². The number of likely N-dealkylation sites (tertiary alicyclic amines) is 1. The molecule has 4 nitrogen and oxygen atoms in total. The Hall–Kier alpha value is -1.39. The van der Waals surface area contributed by atoms with Gasteiger partial charge < -0.3 is 4.90 Å². The first-order chi connectivity index (χ1) is 11.6. The highest BCUT2D eigenvalue weighted by atomic mass is 16.2. The molecule has 0 bridgehead atoms. The minimum Gasteiger partial charge on any atom is -0.342 e. The molecule has 2 aliphatic heterocycles. The number of amides is 1. The molecule has 1 aromatic carbocycles.